The zero-order valence-electron chi connectivity index (χ0n) is 17.6. The second-order valence-corrected chi connectivity index (χ2v) is 10.7. The molecular weight excluding hydrogens is 539 g/mol. The summed E-state index contributed by atoms with van der Waals surface area (Å²) in [7, 11) is 1.66. The largest absolute Gasteiger partial charge is 0.497 e. The van der Waals surface area contributed by atoms with Crippen molar-refractivity contribution in [2.75, 3.05) is 25.8 Å². The minimum atomic E-state index is -0.392. The zero-order chi connectivity index (χ0) is 22.3. The Balaban J connectivity index is 1.44. The lowest BCUT2D eigenvalue weighted by molar-refractivity contribution is -0.597. The van der Waals surface area contributed by atoms with Gasteiger partial charge in [-0.2, -0.15) is 0 Å². The molecule has 0 fully saturated rings. The third-order valence-corrected chi connectivity index (χ3v) is 8.02. The number of aromatic nitrogens is 1. The summed E-state index contributed by atoms with van der Waals surface area (Å²) in [4.78, 5) is 17.3. The van der Waals surface area contributed by atoms with Crippen LogP contribution in [0.3, 0.4) is 0 Å². The van der Waals surface area contributed by atoms with Crippen molar-refractivity contribution in [3.05, 3.63) is 79.4 Å². The summed E-state index contributed by atoms with van der Waals surface area (Å²) in [5.41, 5.74) is 1.43. The van der Waals surface area contributed by atoms with Gasteiger partial charge < -0.3 is 14.2 Å². The lowest BCUT2D eigenvalue weighted by Crippen LogP contribution is -3.61. The van der Waals surface area contributed by atoms with Gasteiger partial charge >= 0.3 is 21.2 Å². The number of anilines is 1. The zero-order valence-corrected chi connectivity index (χ0v) is 20.6. The van der Waals surface area contributed by atoms with Gasteiger partial charge in [-0.1, -0.05) is 17.4 Å². The van der Waals surface area contributed by atoms with Crippen molar-refractivity contribution in [1.82, 2.24) is 4.98 Å². The Bertz CT molecular complexity index is 1210. The van der Waals surface area contributed by atoms with Crippen LogP contribution in [0.25, 0.3) is 10.2 Å². The summed E-state index contributed by atoms with van der Waals surface area (Å²) in [6.45, 7) is 2.73. The van der Waals surface area contributed by atoms with Crippen LogP contribution >= 0.6 is 11.3 Å². The molecule has 6 nitrogen and oxygen atoms in total. The molecule has 0 saturated heterocycles. The first-order valence-electron chi connectivity index (χ1n) is 9.96. The van der Waals surface area contributed by atoms with Gasteiger partial charge in [-0.15, -0.1) is 0 Å². The number of carbonyl (C=O) groups excluding carboxylic acids is 1. The van der Waals surface area contributed by atoms with E-state index in [0.717, 1.165) is 16.0 Å². The number of amides is 1. The van der Waals surface area contributed by atoms with Crippen LogP contribution in [0.4, 0.5) is 5.13 Å². The predicted octanol–water partition coefficient (Wildman–Crippen LogP) is 2.06. The van der Waals surface area contributed by atoms with E-state index in [1.165, 1.54) is 18.5 Å². The minimum Gasteiger partial charge on any atom is -0.497 e. The second-order valence-electron chi connectivity index (χ2n) is 6.62. The maximum atomic E-state index is 12.8. The molecular formula is C24H22IN2O4S+. The number of rotatable bonds is 9. The van der Waals surface area contributed by atoms with Gasteiger partial charge in [0.15, 0.2) is 19.1 Å². The van der Waals surface area contributed by atoms with Crippen LogP contribution in [-0.2, 0) is 4.74 Å². The molecule has 164 valence electrons. The molecule has 1 aromatic heterocycles. The smallest absolute Gasteiger partial charge is 0.357 e. The van der Waals surface area contributed by atoms with E-state index < -0.39 is 21.2 Å². The topological polar surface area (TPSA) is 69.7 Å². The first-order chi connectivity index (χ1) is 15.6. The monoisotopic (exact) mass is 561 g/mol. The standard InChI is InChI=1S/C24H21IN2O4S/c1-3-30-15-31-20-11-12-21-22(14-20)32-24(26-21)27-23(28)16-5-4-6-18(13-16)25-17-7-9-19(29-2)10-8-17/h4-14H,3,15H2,1-2H3/p+1. The van der Waals surface area contributed by atoms with E-state index in [0.29, 0.717) is 23.1 Å². The molecule has 0 saturated carbocycles. The molecule has 0 bridgehead atoms. The van der Waals surface area contributed by atoms with Crippen LogP contribution in [0.1, 0.15) is 17.3 Å². The predicted molar refractivity (Wildman–Crippen MR) is 122 cm³/mol. The lowest BCUT2D eigenvalue weighted by Gasteiger charge is -2.04. The van der Waals surface area contributed by atoms with Crippen molar-refractivity contribution < 1.29 is 40.2 Å². The normalized spacial score (nSPS) is 10.8. The number of benzene rings is 3. The number of fused-ring (bicyclic) bond motifs is 1. The summed E-state index contributed by atoms with van der Waals surface area (Å²) < 4.78 is 19.4. The van der Waals surface area contributed by atoms with Gasteiger partial charge in [-0.25, -0.2) is 4.98 Å². The SMILES string of the molecule is CCOCOc1ccc2nc(NC(=O)c3cccc([I+]c4ccc(OC)cc4)c3)sc2c1. The summed E-state index contributed by atoms with van der Waals surface area (Å²) >= 11 is 1.02. The fraction of sp³-hybridized carbons (Fsp3) is 0.167. The molecule has 4 aromatic rings. The molecule has 3 aromatic carbocycles. The Morgan fingerprint density at radius 1 is 1.03 bits per heavy atom. The summed E-state index contributed by atoms with van der Waals surface area (Å²) in [6, 6.07) is 21.5. The Labute approximate surface area is 200 Å². The van der Waals surface area contributed by atoms with Crippen molar-refractivity contribution in [3.63, 3.8) is 0 Å². The van der Waals surface area contributed by atoms with Crippen LogP contribution in [0.15, 0.2) is 66.7 Å². The second kappa shape index (κ2) is 10.8. The molecule has 0 atom stereocenters. The Morgan fingerprint density at radius 3 is 2.62 bits per heavy atom. The molecule has 32 heavy (non-hydrogen) atoms. The number of nitrogens with zero attached hydrogens (tertiary/aromatic N) is 1. The Hall–Kier alpha value is -2.69. The fourth-order valence-corrected chi connectivity index (χ4v) is 6.06. The van der Waals surface area contributed by atoms with Crippen molar-refractivity contribution in [1.29, 1.82) is 0 Å². The average molecular weight is 561 g/mol. The fourth-order valence-electron chi connectivity index (χ4n) is 2.86. The highest BCUT2D eigenvalue weighted by atomic mass is 127. The van der Waals surface area contributed by atoms with Gasteiger partial charge in [0.05, 0.1) is 17.3 Å². The molecule has 0 aliphatic carbocycles. The van der Waals surface area contributed by atoms with E-state index in [1.54, 1.807) is 7.11 Å². The molecule has 0 unspecified atom stereocenters. The Kier molecular flexibility index (Phi) is 7.56. The molecule has 0 aliphatic rings. The van der Waals surface area contributed by atoms with E-state index in [-0.39, 0.29) is 12.7 Å². The Morgan fingerprint density at radius 2 is 1.84 bits per heavy atom. The number of hydrogen-bond acceptors (Lipinski definition) is 6. The molecule has 4 rings (SSSR count). The molecule has 0 spiro atoms. The maximum Gasteiger partial charge on any atom is 0.357 e. The first kappa shape index (κ1) is 22.5. The summed E-state index contributed by atoms with van der Waals surface area (Å²) in [6.07, 6.45) is 0. The highest BCUT2D eigenvalue weighted by Crippen LogP contribution is 2.29. The van der Waals surface area contributed by atoms with E-state index in [1.807, 2.05) is 55.5 Å². The van der Waals surface area contributed by atoms with Crippen LogP contribution < -0.4 is 36.0 Å². The van der Waals surface area contributed by atoms with Crippen LogP contribution in [0.2, 0.25) is 0 Å². The molecule has 0 radical (unpaired) electrons. The van der Waals surface area contributed by atoms with Crippen molar-refractivity contribution in [3.8, 4) is 11.5 Å². The van der Waals surface area contributed by atoms with Crippen LogP contribution in [0, 0.1) is 7.14 Å². The number of ether oxygens (including phenoxy) is 3. The van der Waals surface area contributed by atoms with Crippen molar-refractivity contribution >= 4 is 32.6 Å². The molecule has 1 N–H and O–H groups in total. The minimum absolute atomic E-state index is 0.169. The highest BCUT2D eigenvalue weighted by Gasteiger charge is 2.18. The molecule has 1 amide bonds. The third-order valence-electron chi connectivity index (χ3n) is 4.45. The maximum absolute atomic E-state index is 12.8. The van der Waals surface area contributed by atoms with Crippen LogP contribution in [0.5, 0.6) is 11.5 Å². The van der Waals surface area contributed by atoms with E-state index in [4.69, 9.17) is 14.2 Å². The van der Waals surface area contributed by atoms with E-state index >= 15 is 0 Å². The number of methoxy groups -OCH3 is 1. The average Bonchev–Trinajstić information content (AvgIpc) is 3.21. The molecule has 1 heterocycles. The van der Waals surface area contributed by atoms with Crippen molar-refractivity contribution in [2.45, 2.75) is 6.92 Å². The first-order valence-corrected chi connectivity index (χ1v) is 12.9. The van der Waals surface area contributed by atoms with Gasteiger partial charge in [-0.3, -0.25) is 10.1 Å². The van der Waals surface area contributed by atoms with Crippen LogP contribution in [-0.4, -0.2) is 31.4 Å². The highest BCUT2D eigenvalue weighted by molar-refractivity contribution is 7.22. The van der Waals surface area contributed by atoms with Gasteiger partial charge in [0.25, 0.3) is 5.91 Å². The van der Waals surface area contributed by atoms with E-state index in [9.17, 15) is 4.79 Å². The number of halogens is 1. The number of thiazole rings is 1. The summed E-state index contributed by atoms with van der Waals surface area (Å²) in [5, 5.41) is 3.48. The summed E-state index contributed by atoms with van der Waals surface area (Å²) in [5.74, 6) is 1.38. The van der Waals surface area contributed by atoms with Gasteiger partial charge in [-0.05, 0) is 61.5 Å². The molecule has 8 heteroatoms. The number of carbonyl (C=O) groups is 1. The van der Waals surface area contributed by atoms with Gasteiger partial charge in [0, 0.05) is 18.2 Å². The van der Waals surface area contributed by atoms with Gasteiger partial charge in [0.1, 0.15) is 11.5 Å². The molecule has 0 aliphatic heterocycles. The number of hydrogen-bond donors (Lipinski definition) is 1. The number of nitrogens with one attached hydrogen (secondary N) is 1. The van der Waals surface area contributed by atoms with Gasteiger partial charge in [0.2, 0.25) is 0 Å². The third kappa shape index (κ3) is 5.76. The quantitative estimate of drug-likeness (QED) is 0.193. The van der Waals surface area contributed by atoms with E-state index in [2.05, 4.69) is 28.5 Å². The lowest BCUT2D eigenvalue weighted by atomic mass is 10.2. The van der Waals surface area contributed by atoms with Crippen molar-refractivity contribution in [2.24, 2.45) is 0 Å².